The molecule has 1 N–H and O–H groups in total. The monoisotopic (exact) mass is 397 g/mol. The van der Waals surface area contributed by atoms with Crippen molar-refractivity contribution in [3.63, 3.8) is 0 Å². The van der Waals surface area contributed by atoms with E-state index in [-0.39, 0.29) is 0 Å². The lowest BCUT2D eigenvalue weighted by Crippen LogP contribution is -2.29. The molecule has 0 fully saturated rings. The molecule has 2 aromatic rings. The number of thiophene rings is 1. The Hall–Kier alpha value is -1.56. The molecular weight excluding hydrogens is 381 g/mol. The SMILES string of the molecule is CC(OC(=O)c1cc2c(s1)CCCC2)C(=O)Nc1ccc(Cl)c(Cl)c1. The van der Waals surface area contributed by atoms with E-state index in [2.05, 4.69) is 5.32 Å². The highest BCUT2D eigenvalue weighted by Gasteiger charge is 2.23. The lowest BCUT2D eigenvalue weighted by atomic mass is 9.99. The second-order valence-corrected chi connectivity index (χ2v) is 7.88. The molecule has 132 valence electrons. The third kappa shape index (κ3) is 4.35. The molecule has 4 nitrogen and oxygen atoms in total. The molecule has 1 aromatic carbocycles. The van der Waals surface area contributed by atoms with Crippen LogP contribution in [0.1, 0.15) is 39.9 Å². The predicted molar refractivity (Wildman–Crippen MR) is 101 cm³/mol. The van der Waals surface area contributed by atoms with Crippen molar-refractivity contribution >= 4 is 52.1 Å². The number of halogens is 2. The number of rotatable bonds is 4. The lowest BCUT2D eigenvalue weighted by Gasteiger charge is -2.13. The minimum Gasteiger partial charge on any atom is -0.448 e. The molecule has 0 radical (unpaired) electrons. The highest BCUT2D eigenvalue weighted by molar-refractivity contribution is 7.14. The molecule has 1 aliphatic rings. The Bertz CT molecular complexity index is 795. The van der Waals surface area contributed by atoms with Crippen molar-refractivity contribution in [2.45, 2.75) is 38.7 Å². The molecule has 3 rings (SSSR count). The summed E-state index contributed by atoms with van der Waals surface area (Å²) in [7, 11) is 0. The maximum Gasteiger partial charge on any atom is 0.349 e. The second kappa shape index (κ2) is 7.77. The summed E-state index contributed by atoms with van der Waals surface area (Å²) in [6.45, 7) is 1.54. The van der Waals surface area contributed by atoms with Gasteiger partial charge in [-0.25, -0.2) is 4.79 Å². The average Bonchev–Trinajstić information content (AvgIpc) is 3.02. The van der Waals surface area contributed by atoms with Crippen molar-refractivity contribution in [3.8, 4) is 0 Å². The van der Waals surface area contributed by atoms with Crippen molar-refractivity contribution < 1.29 is 14.3 Å². The minimum absolute atomic E-state index is 0.341. The average molecular weight is 398 g/mol. The van der Waals surface area contributed by atoms with E-state index in [9.17, 15) is 9.59 Å². The fourth-order valence-corrected chi connectivity index (χ4v) is 4.12. The van der Waals surface area contributed by atoms with Crippen LogP contribution in [0.4, 0.5) is 5.69 Å². The first-order valence-corrected chi connectivity index (χ1v) is 9.60. The number of aryl methyl sites for hydroxylation is 2. The first-order valence-electron chi connectivity index (χ1n) is 8.02. The van der Waals surface area contributed by atoms with Crippen LogP contribution < -0.4 is 5.32 Å². The van der Waals surface area contributed by atoms with Crippen LogP contribution in [0, 0.1) is 0 Å². The van der Waals surface area contributed by atoms with Gasteiger partial charge in [-0.15, -0.1) is 11.3 Å². The van der Waals surface area contributed by atoms with E-state index in [0.717, 1.165) is 25.7 Å². The van der Waals surface area contributed by atoms with Crippen molar-refractivity contribution in [2.75, 3.05) is 5.32 Å². The van der Waals surface area contributed by atoms with Crippen molar-refractivity contribution in [1.82, 2.24) is 0 Å². The van der Waals surface area contributed by atoms with Crippen molar-refractivity contribution in [1.29, 1.82) is 0 Å². The summed E-state index contributed by atoms with van der Waals surface area (Å²) in [5.74, 6) is -0.885. The fraction of sp³-hybridized carbons (Fsp3) is 0.333. The van der Waals surface area contributed by atoms with E-state index in [1.54, 1.807) is 18.2 Å². The van der Waals surface area contributed by atoms with Crippen LogP contribution in [0.15, 0.2) is 24.3 Å². The molecule has 1 unspecified atom stereocenters. The maximum absolute atomic E-state index is 12.3. The van der Waals surface area contributed by atoms with Crippen LogP contribution in [-0.4, -0.2) is 18.0 Å². The Kier molecular flexibility index (Phi) is 5.67. The Labute approximate surface area is 160 Å². The largest absolute Gasteiger partial charge is 0.448 e. The van der Waals surface area contributed by atoms with Gasteiger partial charge in [0.05, 0.1) is 10.0 Å². The summed E-state index contributed by atoms with van der Waals surface area (Å²) < 4.78 is 5.30. The summed E-state index contributed by atoms with van der Waals surface area (Å²) in [6, 6.07) is 6.66. The molecule has 0 saturated carbocycles. The van der Waals surface area contributed by atoms with Gasteiger partial charge in [0.15, 0.2) is 6.10 Å². The zero-order valence-corrected chi connectivity index (χ0v) is 15.9. The Balaban J connectivity index is 1.61. The normalized spacial score (nSPS) is 14.5. The van der Waals surface area contributed by atoms with E-state index < -0.39 is 18.0 Å². The fourth-order valence-electron chi connectivity index (χ4n) is 2.68. The topological polar surface area (TPSA) is 55.4 Å². The number of amides is 1. The van der Waals surface area contributed by atoms with Gasteiger partial charge in [0.25, 0.3) is 5.91 Å². The number of nitrogens with one attached hydrogen (secondary N) is 1. The molecule has 1 aliphatic carbocycles. The van der Waals surface area contributed by atoms with Gasteiger partial charge in [-0.3, -0.25) is 4.79 Å². The van der Waals surface area contributed by atoms with Gasteiger partial charge in [0.1, 0.15) is 4.88 Å². The number of hydrogen-bond acceptors (Lipinski definition) is 4. The van der Waals surface area contributed by atoms with E-state index in [4.69, 9.17) is 27.9 Å². The van der Waals surface area contributed by atoms with Crippen LogP contribution in [0.5, 0.6) is 0 Å². The third-order valence-corrected chi connectivity index (χ3v) is 5.99. The quantitative estimate of drug-likeness (QED) is 0.728. The van der Waals surface area contributed by atoms with Crippen molar-refractivity contribution in [2.24, 2.45) is 0 Å². The number of hydrogen-bond donors (Lipinski definition) is 1. The molecule has 0 bridgehead atoms. The van der Waals surface area contributed by atoms with Gasteiger partial charge < -0.3 is 10.1 Å². The molecule has 1 amide bonds. The maximum atomic E-state index is 12.3. The van der Waals surface area contributed by atoms with Crippen LogP contribution in [0.3, 0.4) is 0 Å². The standard InChI is InChI=1S/C18H17Cl2NO3S/c1-10(17(22)21-12-6-7-13(19)14(20)9-12)24-18(23)16-8-11-4-2-3-5-15(11)25-16/h6-10H,2-5H2,1H3,(H,21,22). The third-order valence-electron chi connectivity index (χ3n) is 4.04. The van der Waals surface area contributed by atoms with E-state index >= 15 is 0 Å². The molecule has 0 saturated heterocycles. The minimum atomic E-state index is -0.916. The summed E-state index contributed by atoms with van der Waals surface area (Å²) >= 11 is 13.2. The van der Waals surface area contributed by atoms with E-state index in [1.807, 2.05) is 6.07 Å². The number of fused-ring (bicyclic) bond motifs is 1. The Morgan fingerprint density at radius 1 is 1.16 bits per heavy atom. The van der Waals surface area contributed by atoms with Gasteiger partial charge in [-0.05, 0) is 62.4 Å². The Morgan fingerprint density at radius 3 is 2.64 bits per heavy atom. The number of ether oxygens (including phenoxy) is 1. The Morgan fingerprint density at radius 2 is 1.92 bits per heavy atom. The van der Waals surface area contributed by atoms with Crippen LogP contribution in [0.2, 0.25) is 10.0 Å². The zero-order chi connectivity index (χ0) is 18.0. The molecular formula is C18H17Cl2NO3S. The predicted octanol–water partition coefficient (Wildman–Crippen LogP) is 5.12. The van der Waals surface area contributed by atoms with Crippen LogP contribution in [0.25, 0.3) is 0 Å². The van der Waals surface area contributed by atoms with Gasteiger partial charge in [0.2, 0.25) is 0 Å². The summed E-state index contributed by atoms with van der Waals surface area (Å²) in [4.78, 5) is 26.3. The number of carbonyl (C=O) groups excluding carboxylic acids is 2. The molecule has 1 aromatic heterocycles. The molecule has 1 atom stereocenters. The van der Waals surface area contributed by atoms with Crippen LogP contribution >= 0.6 is 34.5 Å². The summed E-state index contributed by atoms with van der Waals surface area (Å²) in [5, 5.41) is 3.40. The van der Waals surface area contributed by atoms with Gasteiger partial charge in [0, 0.05) is 10.6 Å². The molecule has 25 heavy (non-hydrogen) atoms. The second-order valence-electron chi connectivity index (χ2n) is 5.93. The molecule has 7 heteroatoms. The van der Waals surface area contributed by atoms with Gasteiger partial charge in [-0.2, -0.15) is 0 Å². The highest BCUT2D eigenvalue weighted by Crippen LogP contribution is 2.30. The van der Waals surface area contributed by atoms with E-state index in [0.29, 0.717) is 20.6 Å². The smallest absolute Gasteiger partial charge is 0.349 e. The number of anilines is 1. The van der Waals surface area contributed by atoms with Gasteiger partial charge >= 0.3 is 5.97 Å². The number of carbonyl (C=O) groups is 2. The summed E-state index contributed by atoms with van der Waals surface area (Å²) in [5.41, 5.74) is 1.73. The summed E-state index contributed by atoms with van der Waals surface area (Å²) in [6.07, 6.45) is 3.42. The van der Waals surface area contributed by atoms with Crippen molar-refractivity contribution in [3.05, 3.63) is 49.6 Å². The highest BCUT2D eigenvalue weighted by atomic mass is 35.5. The zero-order valence-electron chi connectivity index (χ0n) is 13.6. The molecule has 1 heterocycles. The number of benzene rings is 1. The first-order chi connectivity index (χ1) is 11.9. The first kappa shape index (κ1) is 18.2. The van der Waals surface area contributed by atoms with Crippen LogP contribution in [-0.2, 0) is 22.4 Å². The van der Waals surface area contributed by atoms with E-state index in [1.165, 1.54) is 28.7 Å². The number of esters is 1. The lowest BCUT2D eigenvalue weighted by molar-refractivity contribution is -0.123. The van der Waals surface area contributed by atoms with Gasteiger partial charge in [-0.1, -0.05) is 23.2 Å². The molecule has 0 aliphatic heterocycles. The molecule has 0 spiro atoms.